The molecule has 1 rings (SSSR count). The van der Waals surface area contributed by atoms with Crippen LogP contribution >= 0.6 is 0 Å². The normalized spacial score (nSPS) is 11.4. The highest BCUT2D eigenvalue weighted by atomic mass is 19.4. The van der Waals surface area contributed by atoms with Gasteiger partial charge in [0, 0.05) is 33.3 Å². The highest BCUT2D eigenvalue weighted by molar-refractivity contribution is 5.40. The van der Waals surface area contributed by atoms with Crippen molar-refractivity contribution < 1.29 is 13.2 Å². The van der Waals surface area contributed by atoms with E-state index < -0.39 is 12.6 Å². The van der Waals surface area contributed by atoms with E-state index in [0.717, 1.165) is 0 Å². The Balaban J connectivity index is 2.39. The predicted octanol–water partition coefficient (Wildman–Crippen LogP) is 2.30. The summed E-state index contributed by atoms with van der Waals surface area (Å²) in [5.41, 5.74) is 0. The lowest BCUT2D eigenvalue weighted by Crippen LogP contribution is -2.15. The van der Waals surface area contributed by atoms with Gasteiger partial charge >= 0.3 is 6.18 Å². The average molecular weight is 248 g/mol. The van der Waals surface area contributed by atoms with Crippen LogP contribution in [0, 0.1) is 0 Å². The van der Waals surface area contributed by atoms with Gasteiger partial charge < -0.3 is 10.2 Å². The van der Waals surface area contributed by atoms with Gasteiger partial charge in [0.05, 0.1) is 0 Å². The van der Waals surface area contributed by atoms with Crippen LogP contribution in [-0.2, 0) is 0 Å². The Kier molecular flexibility index (Phi) is 4.53. The maximum atomic E-state index is 11.9. The number of alkyl halides is 3. The minimum atomic E-state index is -4.10. The van der Waals surface area contributed by atoms with Gasteiger partial charge in [0.15, 0.2) is 0 Å². The molecule has 0 spiro atoms. The number of aromatic nitrogens is 2. The largest absolute Gasteiger partial charge is 0.389 e. The second-order valence-electron chi connectivity index (χ2n) is 3.78. The Morgan fingerprint density at radius 3 is 2.65 bits per heavy atom. The van der Waals surface area contributed by atoms with Gasteiger partial charge in [-0.3, -0.25) is 0 Å². The van der Waals surface area contributed by atoms with Crippen LogP contribution in [0.5, 0.6) is 0 Å². The van der Waals surface area contributed by atoms with Gasteiger partial charge in [0.2, 0.25) is 5.95 Å². The third kappa shape index (κ3) is 5.37. The van der Waals surface area contributed by atoms with Crippen LogP contribution in [0.25, 0.3) is 0 Å². The summed E-state index contributed by atoms with van der Waals surface area (Å²) in [7, 11) is 3.59. The summed E-state index contributed by atoms with van der Waals surface area (Å²) in [6.45, 7) is 0.239. The van der Waals surface area contributed by atoms with Crippen molar-refractivity contribution in [2.45, 2.75) is 19.0 Å². The summed E-state index contributed by atoms with van der Waals surface area (Å²) in [4.78, 5) is 9.85. The number of halogens is 3. The third-order valence-electron chi connectivity index (χ3n) is 1.99. The second kappa shape index (κ2) is 5.70. The summed E-state index contributed by atoms with van der Waals surface area (Å²) in [5.74, 6) is 1.05. The van der Waals surface area contributed by atoms with Crippen LogP contribution in [0.1, 0.15) is 12.8 Å². The Morgan fingerprint density at radius 1 is 1.35 bits per heavy atom. The molecule has 0 saturated heterocycles. The number of hydrogen-bond donors (Lipinski definition) is 1. The van der Waals surface area contributed by atoms with Gasteiger partial charge in [0.1, 0.15) is 5.82 Å². The topological polar surface area (TPSA) is 41.1 Å². The maximum Gasteiger partial charge on any atom is 0.389 e. The Labute approximate surface area is 97.9 Å². The van der Waals surface area contributed by atoms with E-state index in [0.29, 0.717) is 11.8 Å². The van der Waals surface area contributed by atoms with E-state index in [1.807, 2.05) is 0 Å². The average Bonchev–Trinajstić information content (AvgIpc) is 2.23. The van der Waals surface area contributed by atoms with E-state index in [-0.39, 0.29) is 13.0 Å². The fourth-order valence-corrected chi connectivity index (χ4v) is 1.17. The minimum Gasteiger partial charge on any atom is -0.370 e. The standard InChI is InChI=1S/C10H15F3N4/c1-17(2)9-15-7-4-8(16-9)14-6-3-5-10(11,12)13/h4,7H,3,5-6H2,1-2H3,(H,14,15,16). The van der Waals surface area contributed by atoms with Gasteiger partial charge in [-0.1, -0.05) is 0 Å². The SMILES string of the molecule is CN(C)c1nccc(NCCCC(F)(F)F)n1. The van der Waals surface area contributed by atoms with Crippen LogP contribution < -0.4 is 10.2 Å². The zero-order chi connectivity index (χ0) is 12.9. The fraction of sp³-hybridized carbons (Fsp3) is 0.600. The van der Waals surface area contributed by atoms with E-state index >= 15 is 0 Å². The van der Waals surface area contributed by atoms with Crippen LogP contribution in [0.3, 0.4) is 0 Å². The molecular formula is C10H15F3N4. The predicted molar refractivity (Wildman–Crippen MR) is 60.1 cm³/mol. The van der Waals surface area contributed by atoms with E-state index in [1.54, 1.807) is 31.3 Å². The summed E-state index contributed by atoms with van der Waals surface area (Å²) in [5, 5.41) is 2.83. The maximum absolute atomic E-state index is 11.9. The Bertz CT molecular complexity index is 352. The summed E-state index contributed by atoms with van der Waals surface area (Å²) >= 11 is 0. The van der Waals surface area contributed by atoms with Crippen LogP contribution in [0.15, 0.2) is 12.3 Å². The van der Waals surface area contributed by atoms with Gasteiger partial charge in [0.25, 0.3) is 0 Å². The third-order valence-corrected chi connectivity index (χ3v) is 1.99. The molecule has 0 amide bonds. The quantitative estimate of drug-likeness (QED) is 0.812. The van der Waals surface area contributed by atoms with Crippen LogP contribution in [0.2, 0.25) is 0 Å². The Morgan fingerprint density at radius 2 is 2.06 bits per heavy atom. The highest BCUT2D eigenvalue weighted by Gasteiger charge is 2.25. The molecule has 0 radical (unpaired) electrons. The van der Waals surface area contributed by atoms with Crippen molar-refractivity contribution >= 4 is 11.8 Å². The lowest BCUT2D eigenvalue weighted by molar-refractivity contribution is -0.134. The minimum absolute atomic E-state index is 0.0325. The molecular weight excluding hydrogens is 233 g/mol. The molecule has 7 heteroatoms. The first-order chi connectivity index (χ1) is 7.88. The summed E-state index contributed by atoms with van der Waals surface area (Å²) < 4.78 is 35.7. The van der Waals surface area contributed by atoms with E-state index in [1.165, 1.54) is 0 Å². The monoisotopic (exact) mass is 248 g/mol. The lowest BCUT2D eigenvalue weighted by Gasteiger charge is -2.12. The zero-order valence-corrected chi connectivity index (χ0v) is 9.75. The smallest absolute Gasteiger partial charge is 0.370 e. The molecule has 0 aliphatic carbocycles. The molecule has 0 aliphatic rings. The van der Waals surface area contributed by atoms with Crippen molar-refractivity contribution in [1.29, 1.82) is 0 Å². The summed E-state index contributed by atoms with van der Waals surface area (Å²) in [6, 6.07) is 1.63. The molecule has 0 saturated carbocycles. The van der Waals surface area contributed by atoms with E-state index in [2.05, 4.69) is 15.3 Å². The first-order valence-corrected chi connectivity index (χ1v) is 5.19. The number of hydrogen-bond acceptors (Lipinski definition) is 4. The van der Waals surface area contributed by atoms with Crippen molar-refractivity contribution in [3.63, 3.8) is 0 Å². The first-order valence-electron chi connectivity index (χ1n) is 5.19. The number of nitrogens with zero attached hydrogens (tertiary/aromatic N) is 3. The van der Waals surface area contributed by atoms with Gasteiger partial charge in [-0.15, -0.1) is 0 Å². The molecule has 1 N–H and O–H groups in total. The molecule has 1 heterocycles. The number of nitrogens with one attached hydrogen (secondary N) is 1. The first kappa shape index (κ1) is 13.5. The Hall–Kier alpha value is -1.53. The van der Waals surface area contributed by atoms with Crippen LogP contribution in [0.4, 0.5) is 24.9 Å². The van der Waals surface area contributed by atoms with Crippen molar-refractivity contribution in [3.05, 3.63) is 12.3 Å². The van der Waals surface area contributed by atoms with Gasteiger partial charge in [-0.2, -0.15) is 18.2 Å². The zero-order valence-electron chi connectivity index (χ0n) is 9.75. The van der Waals surface area contributed by atoms with Gasteiger partial charge in [-0.05, 0) is 12.5 Å². The van der Waals surface area contributed by atoms with Crippen molar-refractivity contribution in [3.8, 4) is 0 Å². The fourth-order valence-electron chi connectivity index (χ4n) is 1.17. The van der Waals surface area contributed by atoms with Crippen molar-refractivity contribution in [2.24, 2.45) is 0 Å². The lowest BCUT2D eigenvalue weighted by atomic mass is 10.3. The molecule has 0 bridgehead atoms. The molecule has 0 unspecified atom stereocenters. The van der Waals surface area contributed by atoms with E-state index in [4.69, 9.17) is 0 Å². The highest BCUT2D eigenvalue weighted by Crippen LogP contribution is 2.21. The molecule has 0 atom stereocenters. The molecule has 0 aliphatic heterocycles. The summed E-state index contributed by atoms with van der Waals surface area (Å²) in [6.07, 6.45) is -3.28. The molecule has 1 aromatic heterocycles. The molecule has 4 nitrogen and oxygen atoms in total. The number of rotatable bonds is 5. The number of anilines is 2. The second-order valence-corrected chi connectivity index (χ2v) is 3.78. The molecule has 1 aromatic rings. The molecule has 17 heavy (non-hydrogen) atoms. The molecule has 96 valence electrons. The van der Waals surface area contributed by atoms with Crippen LogP contribution in [-0.4, -0.2) is 36.8 Å². The van der Waals surface area contributed by atoms with Crippen molar-refractivity contribution in [1.82, 2.24) is 9.97 Å². The van der Waals surface area contributed by atoms with Crippen molar-refractivity contribution in [2.75, 3.05) is 30.9 Å². The molecule has 0 aromatic carbocycles. The molecule has 0 fully saturated rings. The van der Waals surface area contributed by atoms with Gasteiger partial charge in [-0.25, -0.2) is 4.98 Å². The van der Waals surface area contributed by atoms with E-state index in [9.17, 15) is 13.2 Å².